The molecule has 0 bridgehead atoms. The monoisotopic (exact) mass is 1120 g/mol. The predicted molar refractivity (Wildman–Crippen MR) is 316 cm³/mol. The minimum Gasteiger partial charge on any atom is -0.490 e. The first kappa shape index (κ1) is 57.7. The number of nitrogens with zero attached hydrogens (tertiary/aromatic N) is 5. The first-order valence-corrected chi connectivity index (χ1v) is 28.5. The van der Waals surface area contributed by atoms with Gasteiger partial charge in [0.05, 0.1) is 89.0 Å². The second kappa shape index (κ2) is 30.0. The van der Waals surface area contributed by atoms with Gasteiger partial charge in [0.25, 0.3) is 0 Å². The Bertz CT molecular complexity index is 3110. The lowest BCUT2D eigenvalue weighted by molar-refractivity contribution is -0.140. The maximum absolute atomic E-state index is 12.0. The van der Waals surface area contributed by atoms with Crippen LogP contribution in [0.25, 0.3) is 44.1 Å². The van der Waals surface area contributed by atoms with Crippen molar-refractivity contribution in [3.63, 3.8) is 0 Å². The third kappa shape index (κ3) is 16.5. The van der Waals surface area contributed by atoms with Crippen molar-refractivity contribution in [2.45, 2.75) is 34.3 Å². The molecular weight excluding hydrogens is 1050 g/mol. The number of fused-ring (bicyclic) bond motifs is 3. The molecule has 0 N–H and O–H groups in total. The molecule has 0 spiro atoms. The number of carbonyl (C=O) groups is 1. The molecule has 8 rings (SSSR count). The Balaban J connectivity index is 1.03. The van der Waals surface area contributed by atoms with E-state index < -0.39 is 5.97 Å². The molecule has 78 heavy (non-hydrogen) atoms. The molecule has 0 aliphatic carbocycles. The highest BCUT2D eigenvalue weighted by molar-refractivity contribution is 7.16. The Morgan fingerprint density at radius 3 is 2.22 bits per heavy atom. The molecule has 412 valence electrons. The lowest BCUT2D eigenvalue weighted by atomic mass is 10.1. The van der Waals surface area contributed by atoms with Crippen molar-refractivity contribution >= 4 is 86.8 Å². The summed E-state index contributed by atoms with van der Waals surface area (Å²) in [5.74, 6) is 1.78. The van der Waals surface area contributed by atoms with Crippen molar-refractivity contribution in [3.05, 3.63) is 130 Å². The van der Waals surface area contributed by atoms with Crippen molar-refractivity contribution < 1.29 is 47.4 Å². The zero-order valence-electron chi connectivity index (χ0n) is 45.2. The topological polar surface area (TPSA) is 145 Å². The lowest BCUT2D eigenvalue weighted by Gasteiger charge is -2.29. The molecule has 1 aliphatic rings. The fourth-order valence-corrected chi connectivity index (χ4v) is 10.9. The van der Waals surface area contributed by atoms with Crippen LogP contribution in [-0.2, 0) is 39.8 Å². The van der Waals surface area contributed by atoms with Crippen LogP contribution < -0.4 is 24.0 Å². The number of carbonyl (C=O) groups excluding carboxylic acids is 1. The third-order valence-corrected chi connectivity index (χ3v) is 15.1. The van der Waals surface area contributed by atoms with Crippen LogP contribution in [-0.4, -0.2) is 134 Å². The average Bonchev–Trinajstić information content (AvgIpc) is 4.36. The maximum Gasteiger partial charge on any atom is 0.333 e. The number of thiophene rings is 2. The van der Waals surface area contributed by atoms with Crippen LogP contribution in [0.2, 0.25) is 0 Å². The maximum atomic E-state index is 12.0. The summed E-state index contributed by atoms with van der Waals surface area (Å²) in [6, 6.07) is 31.1. The Labute approximate surface area is 469 Å². The predicted octanol–water partition coefficient (Wildman–Crippen LogP) is 12.2. The van der Waals surface area contributed by atoms with Crippen molar-refractivity contribution in [3.8, 4) is 38.1 Å². The van der Waals surface area contributed by atoms with E-state index in [0.29, 0.717) is 123 Å². The van der Waals surface area contributed by atoms with Gasteiger partial charge >= 0.3 is 5.97 Å². The van der Waals surface area contributed by atoms with Crippen LogP contribution in [0.4, 0.5) is 17.1 Å². The molecule has 4 aromatic carbocycles. The van der Waals surface area contributed by atoms with Gasteiger partial charge in [-0.2, -0.15) is 8.75 Å². The molecule has 3 aromatic heterocycles. The van der Waals surface area contributed by atoms with Gasteiger partial charge in [-0.3, -0.25) is 4.99 Å². The summed E-state index contributed by atoms with van der Waals surface area (Å²) in [7, 11) is 1.67. The van der Waals surface area contributed by atoms with Gasteiger partial charge in [-0.05, 0) is 111 Å². The molecule has 0 saturated carbocycles. The Hall–Kier alpha value is -6.48. The highest BCUT2D eigenvalue weighted by Crippen LogP contribution is 2.40. The van der Waals surface area contributed by atoms with Crippen LogP contribution >= 0.6 is 34.4 Å². The highest BCUT2D eigenvalue weighted by Gasteiger charge is 2.20. The molecule has 0 amide bonds. The molecular formula is C60H69N5O10S3. The van der Waals surface area contributed by atoms with Gasteiger partial charge in [-0.15, -0.1) is 22.7 Å². The van der Waals surface area contributed by atoms with Crippen LogP contribution in [0.15, 0.2) is 108 Å². The van der Waals surface area contributed by atoms with E-state index in [-0.39, 0.29) is 6.61 Å². The summed E-state index contributed by atoms with van der Waals surface area (Å²) < 4.78 is 63.6. The molecule has 0 radical (unpaired) electrons. The number of aryl methyl sites for hydroxylation is 2. The summed E-state index contributed by atoms with van der Waals surface area (Å²) in [6.07, 6.45) is 6.00. The number of esters is 1. The van der Waals surface area contributed by atoms with E-state index in [0.717, 1.165) is 81.2 Å². The number of benzene rings is 4. The van der Waals surface area contributed by atoms with Gasteiger partial charge < -0.3 is 52.4 Å². The second-order valence-corrected chi connectivity index (χ2v) is 21.1. The van der Waals surface area contributed by atoms with Crippen LogP contribution in [0.1, 0.15) is 40.3 Å². The average molecular weight is 1120 g/mol. The Kier molecular flexibility index (Phi) is 22.2. The first-order chi connectivity index (χ1) is 38.2. The molecule has 0 atom stereocenters. The van der Waals surface area contributed by atoms with E-state index in [4.69, 9.17) is 56.4 Å². The molecule has 7 aromatic rings. The number of aliphatic imine (C=N–C) groups is 1. The van der Waals surface area contributed by atoms with Crippen LogP contribution in [0.5, 0.6) is 17.2 Å². The van der Waals surface area contributed by atoms with E-state index in [1.165, 1.54) is 11.7 Å². The Morgan fingerprint density at radius 2 is 1.44 bits per heavy atom. The minimum absolute atomic E-state index is 0.192. The van der Waals surface area contributed by atoms with Gasteiger partial charge in [0.2, 0.25) is 0 Å². The Morgan fingerprint density at radius 1 is 0.718 bits per heavy atom. The van der Waals surface area contributed by atoms with Gasteiger partial charge in [0.1, 0.15) is 60.4 Å². The number of methoxy groups -OCH3 is 1. The molecule has 1 aliphatic heterocycles. The zero-order chi connectivity index (χ0) is 54.5. The number of hydrogen-bond donors (Lipinski definition) is 0. The van der Waals surface area contributed by atoms with E-state index >= 15 is 0 Å². The van der Waals surface area contributed by atoms with E-state index in [9.17, 15) is 4.79 Å². The second-order valence-electron chi connectivity index (χ2n) is 18.3. The molecule has 0 fully saturated rings. The largest absolute Gasteiger partial charge is 0.490 e. The van der Waals surface area contributed by atoms with E-state index in [1.54, 1.807) is 42.9 Å². The summed E-state index contributed by atoms with van der Waals surface area (Å²) in [6.45, 7) is 19.4. The fraction of sp³-hybridized carbons (Fsp3) is 0.367. The van der Waals surface area contributed by atoms with Gasteiger partial charge in [0.15, 0.2) is 0 Å². The number of rotatable bonds is 19. The highest BCUT2D eigenvalue weighted by atomic mass is 32.1. The SMILES string of the molecule is C=C(C)C(=O)OCc1ccc(-c2ccc(-c3ccc(/C=C/c4ccc(N5CCOc6cc(C)ccc6N=CCOCCOCCN(CCOCCOCC)c6ccc(C)cc6OCC5)c(OCCOC)c4)s3)c3nsnc23)s1. The molecule has 4 heterocycles. The number of anilines is 2. The summed E-state index contributed by atoms with van der Waals surface area (Å²) >= 11 is 4.46. The lowest BCUT2D eigenvalue weighted by Crippen LogP contribution is -2.34. The number of ether oxygens (including phenoxy) is 9. The number of hydrogen-bond acceptors (Lipinski definition) is 18. The molecule has 15 nitrogen and oxygen atoms in total. The van der Waals surface area contributed by atoms with Crippen molar-refractivity contribution in [2.75, 3.05) is 122 Å². The zero-order valence-corrected chi connectivity index (χ0v) is 47.6. The number of aromatic nitrogens is 2. The fourth-order valence-electron chi connectivity index (χ4n) is 8.42. The van der Waals surface area contributed by atoms with Crippen LogP contribution in [0, 0.1) is 13.8 Å². The standard InChI is InChI=1S/C60H69N5O10S3/c1-7-68-33-34-70-28-23-64-24-29-71-36-35-69-27-22-61-50-17-8-43(4)38-53(50)72-30-25-65(26-31-73-54-39-44(5)9-18-51(54)64)52-19-11-45(40-55(52)74-37-32-67-6)10-12-46-13-20-56(76-46)48-15-16-49(59-58(48)62-78-63-59)57-21-14-47(77-57)41-75-60(66)42(2)3/h8-22,38-40H,2,7,23-37,41H2,1,3-6H3/b12-10+,61-22?. The van der Waals surface area contributed by atoms with E-state index in [1.807, 2.05) is 44.2 Å². The summed E-state index contributed by atoms with van der Waals surface area (Å²) in [5.41, 5.74) is 9.80. The quantitative estimate of drug-likeness (QED) is 0.0430. The van der Waals surface area contributed by atoms with Crippen molar-refractivity contribution in [1.82, 2.24) is 8.75 Å². The minimum atomic E-state index is -0.402. The normalized spacial score (nSPS) is 14.1. The van der Waals surface area contributed by atoms with Gasteiger partial charge in [0, 0.05) is 69.2 Å². The van der Waals surface area contributed by atoms with Crippen molar-refractivity contribution in [2.24, 2.45) is 4.99 Å². The molecule has 0 unspecified atom stereocenters. The van der Waals surface area contributed by atoms with Gasteiger partial charge in [-0.25, -0.2) is 4.79 Å². The van der Waals surface area contributed by atoms with Gasteiger partial charge in [-0.1, -0.05) is 43.0 Å². The smallest absolute Gasteiger partial charge is 0.333 e. The third-order valence-electron chi connectivity index (χ3n) is 12.4. The molecule has 0 saturated heterocycles. The van der Waals surface area contributed by atoms with Crippen LogP contribution in [0.3, 0.4) is 0 Å². The summed E-state index contributed by atoms with van der Waals surface area (Å²) in [5, 5.41) is 0. The van der Waals surface area contributed by atoms with E-state index in [2.05, 4.69) is 96.1 Å². The molecule has 18 heteroatoms. The van der Waals surface area contributed by atoms with Crippen molar-refractivity contribution in [1.29, 1.82) is 0 Å². The summed E-state index contributed by atoms with van der Waals surface area (Å²) in [4.78, 5) is 25.4. The first-order valence-electron chi connectivity index (χ1n) is 26.2.